The van der Waals surface area contributed by atoms with Crippen molar-refractivity contribution >= 4 is 16.0 Å². The quantitative estimate of drug-likeness (QED) is 0.555. The number of esters is 1. The highest BCUT2D eigenvalue weighted by atomic mass is 32.2. The molecular formula is C16H16F5N3O4S. The Bertz CT molecular complexity index is 944. The lowest BCUT2D eigenvalue weighted by atomic mass is 9.74. The third kappa shape index (κ3) is 3.38. The van der Waals surface area contributed by atoms with Gasteiger partial charge in [-0.05, 0) is 25.0 Å². The monoisotopic (exact) mass is 441 g/mol. The van der Waals surface area contributed by atoms with E-state index in [0.717, 1.165) is 12.1 Å². The number of alkyl halides is 5. The first-order valence-electron chi connectivity index (χ1n) is 8.75. The zero-order chi connectivity index (χ0) is 21.2. The largest absolute Gasteiger partial charge is 0.490 e. The lowest BCUT2D eigenvalue weighted by molar-refractivity contribution is -0.243. The minimum Gasteiger partial charge on any atom is -0.438 e. The van der Waals surface area contributed by atoms with Crippen molar-refractivity contribution in [3.63, 3.8) is 0 Å². The van der Waals surface area contributed by atoms with Crippen LogP contribution in [0.1, 0.15) is 36.6 Å². The Labute approximate surface area is 162 Å². The van der Waals surface area contributed by atoms with E-state index in [0.29, 0.717) is 17.1 Å². The number of ether oxygens (including phenoxy) is 1. The SMILES string of the molecule is O=C(OC1N(S(=O)(=O)c2ccc(C(F)F)nc2C2CC2)CC12CNC2)C(F)(F)F. The van der Waals surface area contributed by atoms with Gasteiger partial charge in [0.25, 0.3) is 6.43 Å². The summed E-state index contributed by atoms with van der Waals surface area (Å²) < 4.78 is 95.3. The summed E-state index contributed by atoms with van der Waals surface area (Å²) in [7, 11) is -4.41. The van der Waals surface area contributed by atoms with Crippen molar-refractivity contribution in [2.24, 2.45) is 5.41 Å². The van der Waals surface area contributed by atoms with Crippen LogP contribution >= 0.6 is 0 Å². The molecule has 1 atom stereocenters. The molecule has 0 radical (unpaired) electrons. The number of hydrogen-bond donors (Lipinski definition) is 1. The van der Waals surface area contributed by atoms with Gasteiger partial charge in [-0.25, -0.2) is 22.0 Å². The third-order valence-corrected chi connectivity index (χ3v) is 7.18. The van der Waals surface area contributed by atoms with Crippen molar-refractivity contribution in [1.29, 1.82) is 0 Å². The second kappa shape index (κ2) is 6.57. The molecule has 2 saturated heterocycles. The van der Waals surface area contributed by atoms with E-state index < -0.39 is 45.9 Å². The molecule has 0 bridgehead atoms. The number of hydrogen-bond acceptors (Lipinski definition) is 6. The number of nitrogens with zero attached hydrogens (tertiary/aromatic N) is 2. The maximum Gasteiger partial charge on any atom is 0.490 e. The van der Waals surface area contributed by atoms with Crippen molar-refractivity contribution in [3.8, 4) is 0 Å². The van der Waals surface area contributed by atoms with E-state index in [-0.39, 0.29) is 36.1 Å². The third-order valence-electron chi connectivity index (χ3n) is 5.34. The molecule has 29 heavy (non-hydrogen) atoms. The van der Waals surface area contributed by atoms with E-state index in [1.54, 1.807) is 0 Å². The number of carbonyl (C=O) groups excluding carboxylic acids is 1. The molecule has 0 aromatic carbocycles. The second-order valence-electron chi connectivity index (χ2n) is 7.47. The fourth-order valence-electron chi connectivity index (χ4n) is 3.55. The lowest BCUT2D eigenvalue weighted by Crippen LogP contribution is -2.78. The molecule has 7 nitrogen and oxygen atoms in total. The van der Waals surface area contributed by atoms with Crippen LogP contribution in [-0.2, 0) is 19.6 Å². The summed E-state index contributed by atoms with van der Waals surface area (Å²) >= 11 is 0. The molecular weight excluding hydrogens is 425 g/mol. The first-order valence-corrected chi connectivity index (χ1v) is 10.2. The van der Waals surface area contributed by atoms with E-state index in [2.05, 4.69) is 15.0 Å². The van der Waals surface area contributed by atoms with Gasteiger partial charge < -0.3 is 10.1 Å². The van der Waals surface area contributed by atoms with E-state index in [1.807, 2.05) is 0 Å². The average Bonchev–Trinajstić information content (AvgIpc) is 3.40. The molecule has 0 amide bonds. The van der Waals surface area contributed by atoms with Gasteiger partial charge in [-0.2, -0.15) is 17.5 Å². The smallest absolute Gasteiger partial charge is 0.438 e. The average molecular weight is 441 g/mol. The molecule has 1 saturated carbocycles. The molecule has 3 heterocycles. The van der Waals surface area contributed by atoms with Crippen LogP contribution < -0.4 is 5.32 Å². The number of nitrogens with one attached hydrogen (secondary N) is 1. The molecule has 4 rings (SSSR count). The molecule has 2 aliphatic heterocycles. The number of sulfonamides is 1. The fraction of sp³-hybridized carbons (Fsp3) is 0.625. The number of carbonyl (C=O) groups is 1. The Hall–Kier alpha value is -1.86. The standard InChI is InChI=1S/C16H16F5N3O4S/c17-12(18)9-3-4-10(11(23-9)8-1-2-8)29(26,27)24-7-15(5-22-6-15)13(24)28-14(25)16(19,20)21/h3-4,8,12-13,22H,1-2,5-7H2. The molecule has 1 unspecified atom stereocenters. The van der Waals surface area contributed by atoms with Gasteiger partial charge in [0.05, 0.1) is 11.1 Å². The molecule has 1 aliphatic carbocycles. The minimum absolute atomic E-state index is 0.0311. The Balaban J connectivity index is 1.67. The molecule has 1 spiro atoms. The molecule has 3 aliphatic rings. The second-order valence-corrected chi connectivity index (χ2v) is 9.33. The predicted octanol–water partition coefficient (Wildman–Crippen LogP) is 1.92. The van der Waals surface area contributed by atoms with E-state index in [9.17, 15) is 35.2 Å². The molecule has 160 valence electrons. The highest BCUT2D eigenvalue weighted by Gasteiger charge is 2.64. The first kappa shape index (κ1) is 20.4. The van der Waals surface area contributed by atoms with E-state index in [4.69, 9.17) is 0 Å². The summed E-state index contributed by atoms with van der Waals surface area (Å²) in [6.45, 7) is 0.221. The van der Waals surface area contributed by atoms with Crippen LogP contribution in [0.5, 0.6) is 0 Å². The summed E-state index contributed by atoms with van der Waals surface area (Å²) in [6.07, 6.45) is -8.66. The maximum absolute atomic E-state index is 13.1. The summed E-state index contributed by atoms with van der Waals surface area (Å²) in [4.78, 5) is 14.8. The van der Waals surface area contributed by atoms with Gasteiger partial charge in [0.1, 0.15) is 10.6 Å². The normalized spacial score (nSPS) is 24.3. The Morgan fingerprint density at radius 3 is 2.41 bits per heavy atom. The van der Waals surface area contributed by atoms with Crippen molar-refractivity contribution in [3.05, 3.63) is 23.5 Å². The predicted molar refractivity (Wildman–Crippen MR) is 86.3 cm³/mol. The number of pyridine rings is 1. The van der Waals surface area contributed by atoms with Crippen LogP contribution in [0.4, 0.5) is 22.0 Å². The van der Waals surface area contributed by atoms with Gasteiger partial charge in [-0.1, -0.05) is 0 Å². The minimum atomic E-state index is -5.27. The van der Waals surface area contributed by atoms with Crippen molar-refractivity contribution in [1.82, 2.24) is 14.6 Å². The van der Waals surface area contributed by atoms with Crippen molar-refractivity contribution in [2.45, 2.75) is 42.5 Å². The Morgan fingerprint density at radius 1 is 1.28 bits per heavy atom. The molecule has 13 heteroatoms. The van der Waals surface area contributed by atoms with Gasteiger partial charge in [0.15, 0.2) is 6.23 Å². The summed E-state index contributed by atoms with van der Waals surface area (Å²) in [6, 6.07) is 1.87. The first-order chi connectivity index (χ1) is 13.5. The van der Waals surface area contributed by atoms with Crippen molar-refractivity contribution in [2.75, 3.05) is 19.6 Å². The van der Waals surface area contributed by atoms with Crippen LogP contribution in [-0.4, -0.2) is 55.7 Å². The van der Waals surface area contributed by atoms with Gasteiger partial charge in [0.2, 0.25) is 10.0 Å². The van der Waals surface area contributed by atoms with Crippen LogP contribution in [0.15, 0.2) is 17.0 Å². The van der Waals surface area contributed by atoms with Gasteiger partial charge in [-0.3, -0.25) is 4.98 Å². The van der Waals surface area contributed by atoms with E-state index >= 15 is 0 Å². The van der Waals surface area contributed by atoms with Crippen LogP contribution in [0, 0.1) is 5.41 Å². The highest BCUT2D eigenvalue weighted by Crippen LogP contribution is 2.48. The fourth-order valence-corrected chi connectivity index (χ4v) is 5.47. The molecule has 1 aromatic heterocycles. The number of rotatable bonds is 5. The molecule has 1 aromatic rings. The van der Waals surface area contributed by atoms with Crippen LogP contribution in [0.2, 0.25) is 0 Å². The number of halogens is 5. The van der Waals surface area contributed by atoms with Gasteiger partial charge >= 0.3 is 12.1 Å². The Kier molecular flexibility index (Phi) is 4.63. The molecule has 1 N–H and O–H groups in total. The topological polar surface area (TPSA) is 88.6 Å². The molecule has 3 fully saturated rings. The zero-order valence-electron chi connectivity index (χ0n) is 14.7. The lowest BCUT2D eigenvalue weighted by Gasteiger charge is -2.59. The van der Waals surface area contributed by atoms with Crippen LogP contribution in [0.3, 0.4) is 0 Å². The maximum atomic E-state index is 13.1. The van der Waals surface area contributed by atoms with Gasteiger partial charge in [-0.15, -0.1) is 0 Å². The number of aromatic nitrogens is 1. The van der Waals surface area contributed by atoms with Gasteiger partial charge in [0, 0.05) is 25.6 Å². The van der Waals surface area contributed by atoms with Crippen LogP contribution in [0.25, 0.3) is 0 Å². The van der Waals surface area contributed by atoms with Crippen molar-refractivity contribution < 1.29 is 39.9 Å². The summed E-state index contributed by atoms with van der Waals surface area (Å²) in [5.74, 6) is -2.79. The summed E-state index contributed by atoms with van der Waals surface area (Å²) in [5, 5.41) is 2.83. The van der Waals surface area contributed by atoms with E-state index in [1.165, 1.54) is 0 Å². The Morgan fingerprint density at radius 2 is 1.93 bits per heavy atom. The zero-order valence-corrected chi connectivity index (χ0v) is 15.6. The highest BCUT2D eigenvalue weighted by molar-refractivity contribution is 7.89. The summed E-state index contributed by atoms with van der Waals surface area (Å²) in [5.41, 5.74) is -1.55.